The van der Waals surface area contributed by atoms with Gasteiger partial charge in [-0.2, -0.15) is 10.3 Å². The number of carbonyl (C=O) groups is 1. The van der Waals surface area contributed by atoms with Gasteiger partial charge in [0.25, 0.3) is 0 Å². The van der Waals surface area contributed by atoms with Gasteiger partial charge in [-0.3, -0.25) is 9.69 Å². The molecule has 2 unspecified atom stereocenters. The van der Waals surface area contributed by atoms with Crippen LogP contribution >= 0.6 is 23.2 Å². The van der Waals surface area contributed by atoms with Crippen LogP contribution < -0.4 is 11.1 Å². The normalized spacial score (nSPS) is 22.5. The van der Waals surface area contributed by atoms with E-state index in [0.29, 0.717) is 31.5 Å². The Morgan fingerprint density at radius 1 is 1.13 bits per heavy atom. The first-order valence-corrected chi connectivity index (χ1v) is 19.1. The van der Waals surface area contributed by atoms with Crippen molar-refractivity contribution in [1.29, 1.82) is 5.26 Å². The number of amidine groups is 1. The number of nitrogens with one attached hydrogen (secondary N) is 1. The average Bonchev–Trinajstić information content (AvgIpc) is 3.39. The van der Waals surface area contributed by atoms with Gasteiger partial charge in [-0.25, -0.2) is 8.78 Å². The molecule has 0 bridgehead atoms. The average molecular weight is 762 g/mol. The molecule has 8 nitrogen and oxygen atoms in total. The van der Waals surface area contributed by atoms with Crippen molar-refractivity contribution in [2.24, 2.45) is 16.1 Å². The van der Waals surface area contributed by atoms with Crippen LogP contribution in [0.5, 0.6) is 0 Å². The third-order valence-corrected chi connectivity index (χ3v) is 10.6. The second-order valence-corrected chi connectivity index (χ2v) is 16.1. The van der Waals surface area contributed by atoms with Gasteiger partial charge in [-0.05, 0) is 80.4 Å². The molecule has 0 radical (unpaired) electrons. The third kappa shape index (κ3) is 11.5. The van der Waals surface area contributed by atoms with E-state index in [4.69, 9.17) is 28.9 Å². The lowest BCUT2D eigenvalue weighted by Gasteiger charge is -2.39. The van der Waals surface area contributed by atoms with Crippen molar-refractivity contribution in [2.75, 3.05) is 39.3 Å². The van der Waals surface area contributed by atoms with E-state index in [1.54, 1.807) is 30.5 Å². The predicted molar refractivity (Wildman–Crippen MR) is 208 cm³/mol. The van der Waals surface area contributed by atoms with Gasteiger partial charge < -0.3 is 21.1 Å². The summed E-state index contributed by atoms with van der Waals surface area (Å²) in [5.41, 5.74) is 3.97. The summed E-state index contributed by atoms with van der Waals surface area (Å²) < 4.78 is 30.7. The number of unbranched alkanes of at least 4 members (excludes halogenated alkanes) is 2. The van der Waals surface area contributed by atoms with Gasteiger partial charge in [0.05, 0.1) is 16.7 Å². The number of amides is 1. The van der Waals surface area contributed by atoms with Gasteiger partial charge in [-0.15, -0.1) is 0 Å². The molecule has 4 N–H and O–H groups in total. The molecular weight excluding hydrogens is 705 g/mol. The van der Waals surface area contributed by atoms with Crippen molar-refractivity contribution in [3.05, 3.63) is 81.5 Å². The first kappa shape index (κ1) is 43.3. The minimum atomic E-state index is -1.29. The van der Waals surface area contributed by atoms with Gasteiger partial charge in [0, 0.05) is 54.9 Å². The molecule has 52 heavy (non-hydrogen) atoms. The Bertz CT molecular complexity index is 1570. The maximum absolute atomic E-state index is 15.4. The number of nitrogens with two attached hydrogens (primary N) is 1. The summed E-state index contributed by atoms with van der Waals surface area (Å²) in [4.78, 5) is 18.1. The standard InChI is InChI=1S/C26H30Cl2F2N2.C14H26N4O2/c1-5-6-12-32-15-20(18-8-7-9-21(28)24(18)30)26(16-31,23(32)14-25(2,3)4)19-11-10-17(27)13-22(19)29;1-2-3-8-18-9-5-14(20,6-10-18)11-16-7-4-13(15)17-12-19/h7-11,13,20,23H,5-6,12,14-15H2,1-4H3;4,7,12,16,20H,2-3,5-6,8-11H2,1H3,(H2,15,17,19)/b;7-4-/t20?,23?,26-;/m1./s1. The van der Waals surface area contributed by atoms with Gasteiger partial charge in [0.1, 0.15) is 22.9 Å². The molecule has 2 aliphatic heterocycles. The van der Waals surface area contributed by atoms with E-state index in [0.717, 1.165) is 51.9 Å². The smallest absolute Gasteiger partial charge is 0.234 e. The maximum atomic E-state index is 15.4. The molecule has 0 aliphatic carbocycles. The summed E-state index contributed by atoms with van der Waals surface area (Å²) in [6, 6.07) is 11.5. The lowest BCUT2D eigenvalue weighted by molar-refractivity contribution is -0.106. The van der Waals surface area contributed by atoms with Gasteiger partial charge in [-0.1, -0.05) is 88.9 Å². The van der Waals surface area contributed by atoms with Crippen molar-refractivity contribution in [3.63, 3.8) is 0 Å². The molecule has 2 saturated heterocycles. The summed E-state index contributed by atoms with van der Waals surface area (Å²) in [6.45, 7) is 15.3. The molecule has 4 rings (SSSR count). The van der Waals surface area contributed by atoms with E-state index in [2.05, 4.69) is 60.8 Å². The number of hydrogen-bond donors (Lipinski definition) is 3. The predicted octanol–water partition coefficient (Wildman–Crippen LogP) is 7.97. The Labute approximate surface area is 319 Å². The summed E-state index contributed by atoms with van der Waals surface area (Å²) >= 11 is 12.2. The molecule has 0 aromatic heterocycles. The van der Waals surface area contributed by atoms with Crippen LogP contribution in [0.3, 0.4) is 0 Å². The highest BCUT2D eigenvalue weighted by Crippen LogP contribution is 2.53. The Balaban J connectivity index is 0.000000314. The van der Waals surface area contributed by atoms with Crippen molar-refractivity contribution in [1.82, 2.24) is 15.1 Å². The zero-order valence-electron chi connectivity index (χ0n) is 31.3. The molecule has 286 valence electrons. The fraction of sp³-hybridized carbons (Fsp3) is 0.575. The van der Waals surface area contributed by atoms with E-state index in [-0.39, 0.29) is 32.9 Å². The minimum absolute atomic E-state index is 0.00491. The summed E-state index contributed by atoms with van der Waals surface area (Å²) in [7, 11) is 0. The van der Waals surface area contributed by atoms with Gasteiger partial charge in [0.15, 0.2) is 0 Å². The third-order valence-electron chi connectivity index (χ3n) is 10.1. The van der Waals surface area contributed by atoms with E-state index < -0.39 is 28.6 Å². The van der Waals surface area contributed by atoms with Crippen LogP contribution in [0.4, 0.5) is 8.78 Å². The van der Waals surface area contributed by atoms with Crippen molar-refractivity contribution in [2.45, 2.75) is 103 Å². The summed E-state index contributed by atoms with van der Waals surface area (Å²) in [5, 5.41) is 24.5. The summed E-state index contributed by atoms with van der Waals surface area (Å²) in [6.07, 6.45) is 10.1. The maximum Gasteiger partial charge on any atom is 0.234 e. The van der Waals surface area contributed by atoms with Crippen LogP contribution in [-0.2, 0) is 10.2 Å². The quantitative estimate of drug-likeness (QED) is 0.102. The van der Waals surface area contributed by atoms with E-state index in [1.165, 1.54) is 31.1 Å². The fourth-order valence-electron chi connectivity index (χ4n) is 7.29. The molecule has 1 amide bonds. The number of halogens is 4. The largest absolute Gasteiger partial charge is 0.388 e. The lowest BCUT2D eigenvalue weighted by Crippen LogP contribution is -2.49. The van der Waals surface area contributed by atoms with Crippen LogP contribution in [0.15, 0.2) is 53.7 Å². The van der Waals surface area contributed by atoms with Crippen LogP contribution in [-0.4, -0.2) is 78.1 Å². The Morgan fingerprint density at radius 3 is 2.40 bits per heavy atom. The highest BCUT2D eigenvalue weighted by molar-refractivity contribution is 6.31. The van der Waals surface area contributed by atoms with E-state index >= 15 is 8.78 Å². The zero-order valence-corrected chi connectivity index (χ0v) is 32.8. The Kier molecular flexibility index (Phi) is 16.5. The van der Waals surface area contributed by atoms with E-state index in [9.17, 15) is 15.2 Å². The molecule has 0 spiro atoms. The van der Waals surface area contributed by atoms with Crippen LogP contribution in [0.25, 0.3) is 0 Å². The number of benzene rings is 2. The number of nitriles is 1. The molecule has 12 heteroatoms. The lowest BCUT2D eigenvalue weighted by atomic mass is 9.64. The number of hydrogen-bond acceptors (Lipinski definition) is 6. The highest BCUT2D eigenvalue weighted by atomic mass is 35.5. The SMILES string of the molecule is CCCCN1CC(c2cccc(Cl)c2F)[C@@](C#N)(c2ccc(Cl)cc2F)C1CC(C)(C)C.CCCCN1CCC(O)(CN/C=C\C(N)=NC=O)CC1. The monoisotopic (exact) mass is 760 g/mol. The molecular formula is C40H56Cl2F2N6O2. The molecule has 2 aliphatic rings. The first-order valence-electron chi connectivity index (χ1n) is 18.3. The van der Waals surface area contributed by atoms with Gasteiger partial charge >= 0.3 is 0 Å². The Morgan fingerprint density at radius 2 is 1.81 bits per heavy atom. The molecule has 2 fully saturated rings. The number of aliphatic hydroxyl groups is 1. The van der Waals surface area contributed by atoms with Crippen molar-refractivity contribution in [3.8, 4) is 6.07 Å². The minimum Gasteiger partial charge on any atom is -0.388 e. The fourth-order valence-corrected chi connectivity index (χ4v) is 7.63. The number of carbonyl (C=O) groups excluding carboxylic acids is 1. The second kappa shape index (κ2) is 19.8. The van der Waals surface area contributed by atoms with Gasteiger partial charge in [0.2, 0.25) is 6.41 Å². The summed E-state index contributed by atoms with van der Waals surface area (Å²) in [5.74, 6) is -1.51. The van der Waals surface area contributed by atoms with Crippen LogP contribution in [0.2, 0.25) is 10.0 Å². The molecule has 0 saturated carbocycles. The van der Waals surface area contributed by atoms with Crippen LogP contribution in [0.1, 0.15) is 96.6 Å². The molecule has 3 atom stereocenters. The number of piperidine rings is 1. The zero-order chi connectivity index (χ0) is 38.5. The molecule has 2 aromatic carbocycles. The number of rotatable bonds is 14. The highest BCUT2D eigenvalue weighted by Gasteiger charge is 2.58. The van der Waals surface area contributed by atoms with Crippen LogP contribution in [0, 0.1) is 28.4 Å². The first-order chi connectivity index (χ1) is 24.6. The van der Waals surface area contributed by atoms with Crippen molar-refractivity contribution >= 4 is 35.4 Å². The molecule has 2 aromatic rings. The van der Waals surface area contributed by atoms with Crippen molar-refractivity contribution < 1.29 is 18.7 Å². The number of likely N-dealkylation sites (tertiary alicyclic amines) is 2. The van der Waals surface area contributed by atoms with E-state index in [1.807, 2.05) is 0 Å². The number of aliphatic imine (C=N–C) groups is 1. The topological polar surface area (TPSA) is 118 Å². The Hall–Kier alpha value is -3.07. The molecule has 2 heterocycles. The number of nitrogens with zero attached hydrogens (tertiary/aromatic N) is 4. The second-order valence-electron chi connectivity index (χ2n) is 15.2.